The summed E-state index contributed by atoms with van der Waals surface area (Å²) in [7, 11) is 0. The van der Waals surface area contributed by atoms with Gasteiger partial charge < -0.3 is 10.6 Å². The lowest BCUT2D eigenvalue weighted by Gasteiger charge is -2.19. The predicted octanol–water partition coefficient (Wildman–Crippen LogP) is 1.03. The van der Waals surface area contributed by atoms with E-state index in [9.17, 15) is 14.4 Å². The number of benzene rings is 1. The summed E-state index contributed by atoms with van der Waals surface area (Å²) in [5.41, 5.74) is 0.538. The lowest BCUT2D eigenvalue weighted by Crippen LogP contribution is -2.38. The number of halogens is 1. The molecule has 0 spiro atoms. The number of nitrogens with one attached hydrogen (secondary N) is 2. The Morgan fingerprint density at radius 2 is 2.04 bits per heavy atom. The first kappa shape index (κ1) is 18.3. The molecule has 128 valence electrons. The quantitative estimate of drug-likeness (QED) is 0.784. The van der Waals surface area contributed by atoms with E-state index in [1.54, 1.807) is 31.2 Å². The van der Waals surface area contributed by atoms with Gasteiger partial charge in [0.25, 0.3) is 5.91 Å². The maximum atomic E-state index is 12.1. The molecule has 0 saturated heterocycles. The molecular formula is C15H17ClN4O3S. The maximum absolute atomic E-state index is 12.1. The highest BCUT2D eigenvalue weighted by atomic mass is 35.5. The molecular weight excluding hydrogens is 352 g/mol. The van der Waals surface area contributed by atoms with E-state index in [1.807, 2.05) is 0 Å². The number of anilines is 1. The first-order valence-electron chi connectivity index (χ1n) is 7.31. The lowest BCUT2D eigenvalue weighted by molar-refractivity contribution is -0.124. The van der Waals surface area contributed by atoms with Crippen molar-refractivity contribution in [2.75, 3.05) is 30.3 Å². The van der Waals surface area contributed by atoms with Gasteiger partial charge in [-0.2, -0.15) is 0 Å². The standard InChI is InChI=1S/C15H17ClN4O3S/c1-2-17-12(21)7-18-13(22)9-24-15-19-8-14(23)20(15)11-6-4-3-5-10(11)16/h3-6H,2,7-9H2,1H3,(H,17,21)(H,18,22). The second-order valence-corrected chi connectivity index (χ2v) is 6.15. The van der Waals surface area contributed by atoms with E-state index < -0.39 is 0 Å². The molecule has 0 unspecified atom stereocenters. The van der Waals surface area contributed by atoms with Crippen LogP contribution in [0.5, 0.6) is 0 Å². The molecule has 1 aromatic rings. The Hall–Kier alpha value is -2.06. The van der Waals surface area contributed by atoms with E-state index in [2.05, 4.69) is 15.6 Å². The number of hydrogen-bond donors (Lipinski definition) is 2. The van der Waals surface area contributed by atoms with Gasteiger partial charge in [-0.3, -0.25) is 24.3 Å². The molecule has 1 aliphatic heterocycles. The van der Waals surface area contributed by atoms with Crippen LogP contribution < -0.4 is 15.5 Å². The van der Waals surface area contributed by atoms with E-state index >= 15 is 0 Å². The SMILES string of the molecule is CCNC(=O)CNC(=O)CSC1=NCC(=O)N1c1ccccc1Cl. The van der Waals surface area contributed by atoms with Crippen molar-refractivity contribution >= 4 is 51.9 Å². The third-order valence-corrected chi connectivity index (χ3v) is 4.33. The number of amidine groups is 1. The normalized spacial score (nSPS) is 13.7. The van der Waals surface area contributed by atoms with Crippen LogP contribution in [0.15, 0.2) is 29.3 Å². The molecule has 9 heteroatoms. The fourth-order valence-electron chi connectivity index (χ4n) is 1.98. The number of rotatable bonds is 6. The molecule has 0 aliphatic carbocycles. The average Bonchev–Trinajstić information content (AvgIpc) is 2.92. The van der Waals surface area contributed by atoms with Gasteiger partial charge >= 0.3 is 0 Å². The van der Waals surface area contributed by atoms with Crippen molar-refractivity contribution in [3.05, 3.63) is 29.3 Å². The maximum Gasteiger partial charge on any atom is 0.254 e. The van der Waals surface area contributed by atoms with Crippen molar-refractivity contribution in [2.24, 2.45) is 4.99 Å². The topological polar surface area (TPSA) is 90.9 Å². The Kier molecular flexibility index (Phi) is 6.62. The van der Waals surface area contributed by atoms with E-state index in [0.29, 0.717) is 22.4 Å². The predicted molar refractivity (Wildman–Crippen MR) is 95.4 cm³/mol. The molecule has 0 saturated carbocycles. The molecule has 1 heterocycles. The average molecular weight is 369 g/mol. The molecule has 1 aromatic carbocycles. The largest absolute Gasteiger partial charge is 0.355 e. The van der Waals surface area contributed by atoms with Crippen LogP contribution in [0.1, 0.15) is 6.92 Å². The van der Waals surface area contributed by atoms with Crippen molar-refractivity contribution in [3.8, 4) is 0 Å². The van der Waals surface area contributed by atoms with Gasteiger partial charge in [-0.15, -0.1) is 0 Å². The first-order valence-corrected chi connectivity index (χ1v) is 8.67. The van der Waals surface area contributed by atoms with Gasteiger partial charge in [-0.05, 0) is 19.1 Å². The zero-order valence-electron chi connectivity index (χ0n) is 13.0. The molecule has 1 aliphatic rings. The number of amides is 3. The summed E-state index contributed by atoms with van der Waals surface area (Å²) in [6.07, 6.45) is 0. The Morgan fingerprint density at radius 1 is 1.29 bits per heavy atom. The van der Waals surface area contributed by atoms with Crippen molar-refractivity contribution in [1.82, 2.24) is 10.6 Å². The molecule has 2 N–H and O–H groups in total. The summed E-state index contributed by atoms with van der Waals surface area (Å²) in [6, 6.07) is 6.94. The van der Waals surface area contributed by atoms with Crippen LogP contribution in [0.25, 0.3) is 0 Å². The molecule has 0 radical (unpaired) electrons. The molecule has 0 atom stereocenters. The summed E-state index contributed by atoms with van der Waals surface area (Å²) < 4.78 is 0. The number of aliphatic imine (C=N–C) groups is 1. The molecule has 0 bridgehead atoms. The highest BCUT2D eigenvalue weighted by Crippen LogP contribution is 2.30. The van der Waals surface area contributed by atoms with Crippen molar-refractivity contribution in [3.63, 3.8) is 0 Å². The van der Waals surface area contributed by atoms with Crippen LogP contribution in [0.4, 0.5) is 5.69 Å². The molecule has 2 rings (SSSR count). The van der Waals surface area contributed by atoms with E-state index in [1.165, 1.54) is 4.90 Å². The number of likely N-dealkylation sites (N-methyl/N-ethyl adjacent to an activating group) is 1. The highest BCUT2D eigenvalue weighted by Gasteiger charge is 2.29. The molecule has 7 nitrogen and oxygen atoms in total. The first-order chi connectivity index (χ1) is 11.5. The zero-order chi connectivity index (χ0) is 17.5. The van der Waals surface area contributed by atoms with Crippen LogP contribution >= 0.6 is 23.4 Å². The second kappa shape index (κ2) is 8.70. The Balaban J connectivity index is 1.92. The Bertz CT molecular complexity index is 680. The number of hydrogen-bond acceptors (Lipinski definition) is 5. The van der Waals surface area contributed by atoms with Crippen LogP contribution in [0, 0.1) is 0 Å². The fourth-order valence-corrected chi connectivity index (χ4v) is 3.05. The van der Waals surface area contributed by atoms with Gasteiger partial charge in [-0.25, -0.2) is 0 Å². The summed E-state index contributed by atoms with van der Waals surface area (Å²) >= 11 is 7.26. The number of nitrogens with zero attached hydrogens (tertiary/aromatic N) is 2. The smallest absolute Gasteiger partial charge is 0.254 e. The number of carbonyl (C=O) groups excluding carboxylic acids is 3. The van der Waals surface area contributed by atoms with Crippen molar-refractivity contribution in [1.29, 1.82) is 0 Å². The number of para-hydroxylation sites is 1. The third kappa shape index (κ3) is 4.72. The van der Waals surface area contributed by atoms with Crippen molar-refractivity contribution < 1.29 is 14.4 Å². The van der Waals surface area contributed by atoms with E-state index in [4.69, 9.17) is 11.6 Å². The zero-order valence-corrected chi connectivity index (χ0v) is 14.6. The summed E-state index contributed by atoms with van der Waals surface area (Å²) in [4.78, 5) is 40.7. The molecule has 24 heavy (non-hydrogen) atoms. The second-order valence-electron chi connectivity index (χ2n) is 4.80. The number of carbonyl (C=O) groups is 3. The van der Waals surface area contributed by atoms with Gasteiger partial charge in [0.15, 0.2) is 5.17 Å². The van der Waals surface area contributed by atoms with Gasteiger partial charge in [0, 0.05) is 6.54 Å². The van der Waals surface area contributed by atoms with Crippen LogP contribution in [0.3, 0.4) is 0 Å². The fraction of sp³-hybridized carbons (Fsp3) is 0.333. The number of thioether (sulfide) groups is 1. The molecule has 0 fully saturated rings. The van der Waals surface area contributed by atoms with E-state index in [-0.39, 0.29) is 36.6 Å². The van der Waals surface area contributed by atoms with Crippen LogP contribution in [0.2, 0.25) is 5.02 Å². The van der Waals surface area contributed by atoms with E-state index in [0.717, 1.165) is 11.8 Å². The van der Waals surface area contributed by atoms with Gasteiger partial charge in [0.05, 0.1) is 23.0 Å². The molecule has 0 aromatic heterocycles. The van der Waals surface area contributed by atoms with Crippen LogP contribution in [-0.2, 0) is 14.4 Å². The minimum Gasteiger partial charge on any atom is -0.355 e. The van der Waals surface area contributed by atoms with Gasteiger partial charge in [0.2, 0.25) is 11.8 Å². The summed E-state index contributed by atoms with van der Waals surface area (Å²) in [5, 5.41) is 5.95. The minimum atomic E-state index is -0.313. The van der Waals surface area contributed by atoms with Gasteiger partial charge in [-0.1, -0.05) is 35.5 Å². The lowest BCUT2D eigenvalue weighted by atomic mass is 10.3. The van der Waals surface area contributed by atoms with Crippen molar-refractivity contribution in [2.45, 2.75) is 6.92 Å². The minimum absolute atomic E-state index is 0.0219. The Morgan fingerprint density at radius 3 is 2.75 bits per heavy atom. The monoisotopic (exact) mass is 368 g/mol. The van der Waals surface area contributed by atoms with Gasteiger partial charge in [0.1, 0.15) is 6.54 Å². The van der Waals surface area contributed by atoms with Crippen LogP contribution in [-0.4, -0.2) is 48.3 Å². The Labute approximate surface area is 148 Å². The summed E-state index contributed by atoms with van der Waals surface area (Å²) in [5.74, 6) is -0.713. The third-order valence-electron chi connectivity index (χ3n) is 3.04. The highest BCUT2D eigenvalue weighted by molar-refractivity contribution is 8.14. The summed E-state index contributed by atoms with van der Waals surface area (Å²) in [6.45, 7) is 2.25. The molecule has 3 amide bonds.